The molecule has 7 heteroatoms. The predicted molar refractivity (Wildman–Crippen MR) is 66.4 cm³/mol. The molecule has 1 atom stereocenters. The third-order valence-electron chi connectivity index (χ3n) is 3.14. The lowest BCUT2D eigenvalue weighted by atomic mass is 10.2. The van der Waals surface area contributed by atoms with Crippen molar-refractivity contribution in [1.82, 2.24) is 15.5 Å². The molecule has 3 rings (SSSR count). The molecule has 7 nitrogen and oxygen atoms in total. The van der Waals surface area contributed by atoms with Gasteiger partial charge >= 0.3 is 0 Å². The largest absolute Gasteiger partial charge is 0.337 e. The second-order valence-corrected chi connectivity index (χ2v) is 4.41. The summed E-state index contributed by atoms with van der Waals surface area (Å²) in [6.45, 7) is 0.958. The molecule has 1 saturated heterocycles. The van der Waals surface area contributed by atoms with Crippen molar-refractivity contribution < 1.29 is 9.45 Å². The minimum absolute atomic E-state index is 0.0462. The molecule has 1 aromatic heterocycles. The fraction of sp³-hybridized carbons (Fsp3) is 0.333. The molecule has 0 radical (unpaired) electrons. The third kappa shape index (κ3) is 2.32. The van der Waals surface area contributed by atoms with Crippen LogP contribution in [0.15, 0.2) is 28.8 Å². The van der Waals surface area contributed by atoms with E-state index in [2.05, 4.69) is 15.5 Å². The van der Waals surface area contributed by atoms with Crippen LogP contribution in [-0.4, -0.2) is 21.6 Å². The molecule has 1 unspecified atom stereocenters. The maximum atomic E-state index is 10.6. The smallest absolute Gasteiger partial charge is 0.269 e. The van der Waals surface area contributed by atoms with Crippen LogP contribution in [0.1, 0.15) is 24.8 Å². The van der Waals surface area contributed by atoms with Crippen molar-refractivity contribution in [2.24, 2.45) is 0 Å². The van der Waals surface area contributed by atoms with Gasteiger partial charge in [-0.1, -0.05) is 5.16 Å². The quantitative estimate of drug-likeness (QED) is 0.670. The van der Waals surface area contributed by atoms with Gasteiger partial charge in [-0.2, -0.15) is 4.98 Å². The lowest BCUT2D eigenvalue weighted by Crippen LogP contribution is -2.12. The van der Waals surface area contributed by atoms with E-state index in [1.165, 1.54) is 12.1 Å². The highest BCUT2D eigenvalue weighted by Gasteiger charge is 2.22. The second kappa shape index (κ2) is 4.77. The van der Waals surface area contributed by atoms with Crippen LogP contribution in [0.25, 0.3) is 11.4 Å². The second-order valence-electron chi connectivity index (χ2n) is 4.41. The lowest BCUT2D eigenvalue weighted by molar-refractivity contribution is -0.384. The number of nitrogens with zero attached hydrogens (tertiary/aromatic N) is 3. The molecule has 0 saturated carbocycles. The van der Waals surface area contributed by atoms with Crippen molar-refractivity contribution in [1.29, 1.82) is 0 Å². The Morgan fingerprint density at radius 2 is 2.16 bits per heavy atom. The van der Waals surface area contributed by atoms with Crippen molar-refractivity contribution in [3.63, 3.8) is 0 Å². The fourth-order valence-electron chi connectivity index (χ4n) is 2.12. The standard InChI is InChI=1S/C12H12N4O3/c17-16(18)9-5-3-8(4-6-9)11-14-12(19-15-11)10-2-1-7-13-10/h3-6,10,13H,1-2,7H2. The minimum Gasteiger partial charge on any atom is -0.337 e. The number of benzene rings is 1. The molecule has 0 aliphatic carbocycles. The number of nitro benzene ring substituents is 1. The van der Waals surface area contributed by atoms with E-state index in [0.717, 1.165) is 19.4 Å². The van der Waals surface area contributed by atoms with E-state index in [1.54, 1.807) is 12.1 Å². The van der Waals surface area contributed by atoms with Crippen molar-refractivity contribution in [3.05, 3.63) is 40.3 Å². The zero-order valence-corrected chi connectivity index (χ0v) is 10.1. The summed E-state index contributed by atoms with van der Waals surface area (Å²) in [4.78, 5) is 14.5. The van der Waals surface area contributed by atoms with Crippen LogP contribution >= 0.6 is 0 Å². The van der Waals surface area contributed by atoms with Gasteiger partial charge in [0, 0.05) is 17.7 Å². The Kier molecular flexibility index (Phi) is 2.96. The topological polar surface area (TPSA) is 94.1 Å². The van der Waals surface area contributed by atoms with E-state index in [-0.39, 0.29) is 11.7 Å². The van der Waals surface area contributed by atoms with E-state index in [4.69, 9.17) is 4.52 Å². The molecule has 1 N–H and O–H groups in total. The lowest BCUT2D eigenvalue weighted by Gasteiger charge is -2.01. The van der Waals surface area contributed by atoms with Crippen LogP contribution in [-0.2, 0) is 0 Å². The summed E-state index contributed by atoms with van der Waals surface area (Å²) in [7, 11) is 0. The molecule has 0 spiro atoms. The first-order valence-electron chi connectivity index (χ1n) is 6.06. The Bertz CT molecular complexity index is 587. The van der Waals surface area contributed by atoms with E-state index in [9.17, 15) is 10.1 Å². The average Bonchev–Trinajstić information content (AvgIpc) is 3.10. The molecule has 2 aromatic rings. The number of nitro groups is 1. The molecule has 1 fully saturated rings. The van der Waals surface area contributed by atoms with Crippen LogP contribution in [0.4, 0.5) is 5.69 Å². The first kappa shape index (κ1) is 11.8. The van der Waals surface area contributed by atoms with E-state index in [0.29, 0.717) is 17.3 Å². The highest BCUT2D eigenvalue weighted by molar-refractivity contribution is 5.56. The van der Waals surface area contributed by atoms with Gasteiger partial charge < -0.3 is 9.84 Å². The number of nitrogens with one attached hydrogen (secondary N) is 1. The van der Waals surface area contributed by atoms with Crippen molar-refractivity contribution in [2.45, 2.75) is 18.9 Å². The average molecular weight is 260 g/mol. The van der Waals surface area contributed by atoms with Crippen LogP contribution in [0, 0.1) is 10.1 Å². The van der Waals surface area contributed by atoms with Crippen LogP contribution in [0.5, 0.6) is 0 Å². The minimum atomic E-state index is -0.437. The van der Waals surface area contributed by atoms with Gasteiger partial charge in [0.1, 0.15) is 0 Å². The molecule has 2 heterocycles. The first-order valence-corrected chi connectivity index (χ1v) is 6.06. The Labute approximate surface area is 108 Å². The molecule has 0 amide bonds. The van der Waals surface area contributed by atoms with E-state index in [1.807, 2.05) is 0 Å². The van der Waals surface area contributed by atoms with Crippen LogP contribution in [0.3, 0.4) is 0 Å². The normalized spacial score (nSPS) is 18.6. The van der Waals surface area contributed by atoms with Crippen molar-refractivity contribution in [3.8, 4) is 11.4 Å². The Morgan fingerprint density at radius 1 is 1.37 bits per heavy atom. The van der Waals surface area contributed by atoms with E-state index >= 15 is 0 Å². The predicted octanol–water partition coefficient (Wildman–Crippen LogP) is 2.07. The summed E-state index contributed by atoms with van der Waals surface area (Å²) in [5, 5.41) is 17.8. The maximum absolute atomic E-state index is 10.6. The number of rotatable bonds is 3. The molecule has 1 aromatic carbocycles. The van der Waals surface area contributed by atoms with Gasteiger partial charge in [-0.15, -0.1) is 0 Å². The number of aromatic nitrogens is 2. The van der Waals surface area contributed by atoms with Gasteiger partial charge in [-0.05, 0) is 31.5 Å². The SMILES string of the molecule is O=[N+]([O-])c1ccc(-c2noc(C3CCCN3)n2)cc1. The summed E-state index contributed by atoms with van der Waals surface area (Å²) in [6.07, 6.45) is 2.09. The molecular weight excluding hydrogens is 248 g/mol. The summed E-state index contributed by atoms with van der Waals surface area (Å²) >= 11 is 0. The summed E-state index contributed by atoms with van der Waals surface area (Å²) in [5.74, 6) is 1.03. The van der Waals surface area contributed by atoms with Gasteiger partial charge in [-0.25, -0.2) is 0 Å². The van der Waals surface area contributed by atoms with Gasteiger partial charge in [0.2, 0.25) is 11.7 Å². The summed E-state index contributed by atoms with van der Waals surface area (Å²) in [5.41, 5.74) is 0.753. The van der Waals surface area contributed by atoms with Crippen molar-refractivity contribution in [2.75, 3.05) is 6.54 Å². The van der Waals surface area contributed by atoms with Crippen LogP contribution < -0.4 is 5.32 Å². The van der Waals surface area contributed by atoms with E-state index < -0.39 is 4.92 Å². The fourth-order valence-corrected chi connectivity index (χ4v) is 2.12. The van der Waals surface area contributed by atoms with Gasteiger partial charge in [0.15, 0.2) is 0 Å². The van der Waals surface area contributed by atoms with Crippen LogP contribution in [0.2, 0.25) is 0 Å². The summed E-state index contributed by atoms with van der Waals surface area (Å²) in [6, 6.07) is 6.22. The number of hydrogen-bond acceptors (Lipinski definition) is 6. The highest BCUT2D eigenvalue weighted by Crippen LogP contribution is 2.25. The number of hydrogen-bond donors (Lipinski definition) is 1. The maximum Gasteiger partial charge on any atom is 0.269 e. The molecule has 0 bridgehead atoms. The van der Waals surface area contributed by atoms with Crippen molar-refractivity contribution >= 4 is 5.69 Å². The third-order valence-corrected chi connectivity index (χ3v) is 3.14. The zero-order valence-electron chi connectivity index (χ0n) is 10.1. The Hall–Kier alpha value is -2.28. The molecule has 19 heavy (non-hydrogen) atoms. The van der Waals surface area contributed by atoms with Gasteiger partial charge in [0.05, 0.1) is 11.0 Å². The van der Waals surface area contributed by atoms with Gasteiger partial charge in [0.25, 0.3) is 5.69 Å². The number of non-ortho nitro benzene ring substituents is 1. The Balaban J connectivity index is 1.83. The molecule has 1 aliphatic heterocycles. The zero-order chi connectivity index (χ0) is 13.2. The first-order chi connectivity index (χ1) is 9.24. The highest BCUT2D eigenvalue weighted by atomic mass is 16.6. The summed E-state index contributed by atoms with van der Waals surface area (Å²) < 4.78 is 5.22. The molecule has 1 aliphatic rings. The Morgan fingerprint density at radius 3 is 2.79 bits per heavy atom. The molecule has 98 valence electrons. The van der Waals surface area contributed by atoms with Gasteiger partial charge in [-0.3, -0.25) is 10.1 Å². The molecular formula is C12H12N4O3. The monoisotopic (exact) mass is 260 g/mol.